The van der Waals surface area contributed by atoms with Gasteiger partial charge in [-0.05, 0) is 49.1 Å². The van der Waals surface area contributed by atoms with Gasteiger partial charge in [-0.25, -0.2) is 13.1 Å². The Balaban J connectivity index is 1.73. The number of para-hydroxylation sites is 2. The molecular formula is C19H19F3N2O4S. The molecule has 1 aliphatic rings. The van der Waals surface area contributed by atoms with E-state index in [0.29, 0.717) is 12.5 Å². The molecule has 2 aromatic rings. The van der Waals surface area contributed by atoms with Gasteiger partial charge in [0.1, 0.15) is 5.75 Å². The third-order valence-corrected chi connectivity index (χ3v) is 5.61. The lowest BCUT2D eigenvalue weighted by molar-refractivity contribution is -0.153. The van der Waals surface area contributed by atoms with E-state index in [2.05, 4.69) is 10.0 Å². The first-order chi connectivity index (χ1) is 13.6. The number of ether oxygens (including phenoxy) is 1. The zero-order chi connectivity index (χ0) is 21.1. The molecule has 0 aliphatic heterocycles. The van der Waals surface area contributed by atoms with E-state index in [1.165, 1.54) is 48.5 Å². The largest absolute Gasteiger partial charge is 0.482 e. The fraction of sp³-hybridized carbons (Fsp3) is 0.316. The average Bonchev–Trinajstić information content (AvgIpc) is 3.50. The molecule has 0 aromatic heterocycles. The van der Waals surface area contributed by atoms with Gasteiger partial charge in [0, 0.05) is 12.1 Å². The van der Waals surface area contributed by atoms with Gasteiger partial charge < -0.3 is 10.1 Å². The summed E-state index contributed by atoms with van der Waals surface area (Å²) < 4.78 is 69.2. The molecule has 1 amide bonds. The number of carbonyl (C=O) groups is 1. The predicted octanol–water partition coefficient (Wildman–Crippen LogP) is 3.57. The van der Waals surface area contributed by atoms with Crippen molar-refractivity contribution in [1.29, 1.82) is 0 Å². The van der Waals surface area contributed by atoms with Crippen molar-refractivity contribution in [3.05, 3.63) is 54.1 Å². The van der Waals surface area contributed by atoms with Crippen molar-refractivity contribution in [2.45, 2.75) is 23.9 Å². The Bertz CT molecular complexity index is 989. The smallest absolute Gasteiger partial charge is 0.422 e. The van der Waals surface area contributed by atoms with Crippen LogP contribution < -0.4 is 14.8 Å². The highest BCUT2D eigenvalue weighted by atomic mass is 32.2. The highest BCUT2D eigenvalue weighted by molar-refractivity contribution is 7.89. The van der Waals surface area contributed by atoms with E-state index >= 15 is 0 Å². The molecule has 0 bridgehead atoms. The number of alkyl halides is 3. The van der Waals surface area contributed by atoms with E-state index in [9.17, 15) is 26.4 Å². The van der Waals surface area contributed by atoms with Crippen LogP contribution in [0.2, 0.25) is 0 Å². The van der Waals surface area contributed by atoms with Crippen molar-refractivity contribution < 1.29 is 31.1 Å². The predicted molar refractivity (Wildman–Crippen MR) is 100 cm³/mol. The summed E-state index contributed by atoms with van der Waals surface area (Å²) in [6, 6.07) is 11.1. The zero-order valence-corrected chi connectivity index (χ0v) is 16.0. The number of hydrogen-bond acceptors (Lipinski definition) is 4. The van der Waals surface area contributed by atoms with Crippen molar-refractivity contribution in [3.8, 4) is 5.75 Å². The Morgan fingerprint density at radius 3 is 2.52 bits per heavy atom. The summed E-state index contributed by atoms with van der Waals surface area (Å²) in [5.41, 5.74) is 0.0896. The van der Waals surface area contributed by atoms with Gasteiger partial charge in [0.05, 0.1) is 10.6 Å². The second-order valence-electron chi connectivity index (χ2n) is 6.68. The molecule has 3 rings (SSSR count). The van der Waals surface area contributed by atoms with Crippen LogP contribution >= 0.6 is 0 Å². The second kappa shape index (κ2) is 8.42. The van der Waals surface area contributed by atoms with Gasteiger partial charge in [0.25, 0.3) is 5.91 Å². The standard InChI is InChI=1S/C19H19F3N2O4S/c20-19(21,22)12-28-17-7-2-1-6-16(17)24-18(25)14-4-3-5-15(10-14)29(26,27)23-11-13-8-9-13/h1-7,10,13,23H,8-9,11-12H2,(H,24,25). The number of nitrogens with one attached hydrogen (secondary N) is 2. The highest BCUT2D eigenvalue weighted by Gasteiger charge is 2.29. The van der Waals surface area contributed by atoms with Crippen LogP contribution in [0.3, 0.4) is 0 Å². The molecule has 0 heterocycles. The Hall–Kier alpha value is -2.59. The van der Waals surface area contributed by atoms with Crippen LogP contribution in [-0.4, -0.2) is 33.7 Å². The van der Waals surface area contributed by atoms with E-state index in [4.69, 9.17) is 4.74 Å². The molecule has 2 aromatic carbocycles. The molecule has 1 saturated carbocycles. The van der Waals surface area contributed by atoms with Crippen molar-refractivity contribution in [3.63, 3.8) is 0 Å². The minimum atomic E-state index is -4.52. The summed E-state index contributed by atoms with van der Waals surface area (Å²) in [5, 5.41) is 2.46. The molecule has 0 saturated heterocycles. The molecule has 156 valence electrons. The lowest BCUT2D eigenvalue weighted by Gasteiger charge is -2.14. The normalized spacial score (nSPS) is 14.4. The van der Waals surface area contributed by atoms with E-state index in [-0.39, 0.29) is 21.9 Å². The Labute approximate surface area is 166 Å². The van der Waals surface area contributed by atoms with Gasteiger partial charge in [-0.15, -0.1) is 0 Å². The summed E-state index contributed by atoms with van der Waals surface area (Å²) in [5.74, 6) is -0.468. The maximum atomic E-state index is 12.5. The Morgan fingerprint density at radius 2 is 1.83 bits per heavy atom. The SMILES string of the molecule is O=C(Nc1ccccc1OCC(F)(F)F)c1cccc(S(=O)(=O)NCC2CC2)c1. The topological polar surface area (TPSA) is 84.5 Å². The fourth-order valence-electron chi connectivity index (χ4n) is 2.49. The summed E-state index contributed by atoms with van der Waals surface area (Å²) in [7, 11) is -3.76. The van der Waals surface area contributed by atoms with Gasteiger partial charge >= 0.3 is 6.18 Å². The first-order valence-electron chi connectivity index (χ1n) is 8.84. The lowest BCUT2D eigenvalue weighted by Crippen LogP contribution is -2.26. The molecule has 0 radical (unpaired) electrons. The minimum Gasteiger partial charge on any atom is -0.482 e. The van der Waals surface area contributed by atoms with Crippen LogP contribution in [0.1, 0.15) is 23.2 Å². The van der Waals surface area contributed by atoms with Gasteiger partial charge in [-0.1, -0.05) is 18.2 Å². The fourth-order valence-corrected chi connectivity index (χ4v) is 3.65. The highest BCUT2D eigenvalue weighted by Crippen LogP contribution is 2.29. The van der Waals surface area contributed by atoms with E-state index in [0.717, 1.165) is 12.8 Å². The summed E-state index contributed by atoms with van der Waals surface area (Å²) >= 11 is 0. The Kier molecular flexibility index (Phi) is 6.13. The van der Waals surface area contributed by atoms with Crippen molar-refractivity contribution in [2.24, 2.45) is 5.92 Å². The van der Waals surface area contributed by atoms with E-state index in [1.54, 1.807) is 0 Å². The van der Waals surface area contributed by atoms with Gasteiger partial charge in [-0.2, -0.15) is 13.2 Å². The molecule has 29 heavy (non-hydrogen) atoms. The second-order valence-corrected chi connectivity index (χ2v) is 8.44. The van der Waals surface area contributed by atoms with E-state index in [1.807, 2.05) is 0 Å². The molecule has 1 fully saturated rings. The summed E-state index contributed by atoms with van der Waals surface area (Å²) in [6.07, 6.45) is -2.55. The van der Waals surface area contributed by atoms with Gasteiger partial charge in [0.2, 0.25) is 10.0 Å². The molecule has 1 aliphatic carbocycles. The molecule has 0 unspecified atom stereocenters. The average molecular weight is 428 g/mol. The van der Waals surface area contributed by atoms with Gasteiger partial charge in [0.15, 0.2) is 6.61 Å². The molecule has 6 nitrogen and oxygen atoms in total. The number of hydrogen-bond donors (Lipinski definition) is 2. The number of benzene rings is 2. The van der Waals surface area contributed by atoms with Crippen LogP contribution in [-0.2, 0) is 10.0 Å². The molecule has 0 spiro atoms. The van der Waals surface area contributed by atoms with Crippen molar-refractivity contribution in [1.82, 2.24) is 4.72 Å². The van der Waals surface area contributed by atoms with E-state index < -0.39 is 28.7 Å². The number of rotatable bonds is 8. The lowest BCUT2D eigenvalue weighted by atomic mass is 10.2. The number of sulfonamides is 1. The first kappa shape index (κ1) is 21.1. The van der Waals surface area contributed by atoms with Crippen LogP contribution in [0.4, 0.5) is 18.9 Å². The number of anilines is 1. The first-order valence-corrected chi connectivity index (χ1v) is 10.3. The molecule has 0 atom stereocenters. The summed E-state index contributed by atoms with van der Waals surface area (Å²) in [6.45, 7) is -1.15. The maximum Gasteiger partial charge on any atom is 0.422 e. The van der Waals surface area contributed by atoms with Crippen LogP contribution in [0.5, 0.6) is 5.75 Å². The number of carbonyl (C=O) groups excluding carboxylic acids is 1. The zero-order valence-electron chi connectivity index (χ0n) is 15.2. The molecular weight excluding hydrogens is 409 g/mol. The quantitative estimate of drug-likeness (QED) is 0.673. The minimum absolute atomic E-state index is 0.0434. The van der Waals surface area contributed by atoms with Gasteiger partial charge in [-0.3, -0.25) is 4.79 Å². The number of halogens is 3. The third-order valence-electron chi connectivity index (χ3n) is 4.19. The third kappa shape index (κ3) is 6.20. The number of amides is 1. The van der Waals surface area contributed by atoms with Crippen molar-refractivity contribution in [2.75, 3.05) is 18.5 Å². The molecule has 10 heteroatoms. The van der Waals surface area contributed by atoms with Crippen LogP contribution in [0, 0.1) is 5.92 Å². The Morgan fingerprint density at radius 1 is 1.10 bits per heavy atom. The molecule has 2 N–H and O–H groups in total. The van der Waals surface area contributed by atoms with Crippen molar-refractivity contribution >= 4 is 21.6 Å². The van der Waals surface area contributed by atoms with Crippen LogP contribution in [0.15, 0.2) is 53.4 Å². The monoisotopic (exact) mass is 428 g/mol. The summed E-state index contributed by atoms with van der Waals surface area (Å²) in [4.78, 5) is 12.5. The van der Waals surface area contributed by atoms with Crippen LogP contribution in [0.25, 0.3) is 0 Å². The maximum absolute atomic E-state index is 12.5.